The number of carbonyl (C=O) groups is 1. The Balaban J connectivity index is 2.55. The van der Waals surface area contributed by atoms with E-state index < -0.39 is 5.41 Å². The predicted octanol–water partition coefficient (Wildman–Crippen LogP) is 1.28. The van der Waals surface area contributed by atoms with E-state index in [1.54, 1.807) is 6.33 Å². The molecule has 0 bridgehead atoms. The quantitative estimate of drug-likeness (QED) is 0.751. The minimum atomic E-state index is -0.436. The van der Waals surface area contributed by atoms with Gasteiger partial charge in [0.2, 0.25) is 5.91 Å². The van der Waals surface area contributed by atoms with Gasteiger partial charge in [0.05, 0.1) is 5.41 Å². The molecular weight excluding hydrogens is 254 g/mol. The minimum Gasteiger partial charge on any atom is -0.354 e. The SMILES string of the molecule is CCC(CC)(CN)C(=O)NCCn1cnnc1C(C)C. The molecule has 6 heteroatoms. The van der Waals surface area contributed by atoms with Gasteiger partial charge >= 0.3 is 0 Å². The van der Waals surface area contributed by atoms with Crippen molar-refractivity contribution in [2.45, 2.75) is 53.0 Å². The molecule has 20 heavy (non-hydrogen) atoms. The zero-order chi connectivity index (χ0) is 15.2. The van der Waals surface area contributed by atoms with E-state index in [1.807, 2.05) is 18.4 Å². The molecule has 1 amide bonds. The smallest absolute Gasteiger partial charge is 0.227 e. The van der Waals surface area contributed by atoms with Gasteiger partial charge in [-0.1, -0.05) is 27.7 Å². The molecule has 0 aliphatic carbocycles. The van der Waals surface area contributed by atoms with Gasteiger partial charge in [-0.2, -0.15) is 0 Å². The van der Waals surface area contributed by atoms with Gasteiger partial charge in [-0.05, 0) is 12.8 Å². The highest BCUT2D eigenvalue weighted by atomic mass is 16.2. The van der Waals surface area contributed by atoms with Gasteiger partial charge < -0.3 is 15.6 Å². The average molecular weight is 281 g/mol. The summed E-state index contributed by atoms with van der Waals surface area (Å²) in [6, 6.07) is 0. The molecule has 0 unspecified atom stereocenters. The number of hydrogen-bond acceptors (Lipinski definition) is 4. The summed E-state index contributed by atoms with van der Waals surface area (Å²) in [6.45, 7) is 9.80. The summed E-state index contributed by atoms with van der Waals surface area (Å²) in [7, 11) is 0. The van der Waals surface area contributed by atoms with Gasteiger partial charge in [0.25, 0.3) is 0 Å². The second kappa shape index (κ2) is 7.38. The maximum atomic E-state index is 12.3. The van der Waals surface area contributed by atoms with Crippen molar-refractivity contribution in [1.29, 1.82) is 0 Å². The summed E-state index contributed by atoms with van der Waals surface area (Å²) in [5.74, 6) is 1.31. The maximum absolute atomic E-state index is 12.3. The minimum absolute atomic E-state index is 0.0455. The molecule has 6 nitrogen and oxygen atoms in total. The monoisotopic (exact) mass is 281 g/mol. The number of nitrogens with two attached hydrogens (primary N) is 1. The van der Waals surface area contributed by atoms with E-state index in [4.69, 9.17) is 5.73 Å². The fraction of sp³-hybridized carbons (Fsp3) is 0.786. The van der Waals surface area contributed by atoms with Crippen LogP contribution in [0.15, 0.2) is 6.33 Å². The molecule has 0 aliphatic heterocycles. The maximum Gasteiger partial charge on any atom is 0.227 e. The van der Waals surface area contributed by atoms with Crippen molar-refractivity contribution in [1.82, 2.24) is 20.1 Å². The van der Waals surface area contributed by atoms with Crippen LogP contribution in [0.3, 0.4) is 0 Å². The third-order valence-corrected chi connectivity index (χ3v) is 4.03. The van der Waals surface area contributed by atoms with Crippen LogP contribution >= 0.6 is 0 Å². The van der Waals surface area contributed by atoms with Gasteiger partial charge in [-0.25, -0.2) is 0 Å². The van der Waals surface area contributed by atoms with E-state index in [0.29, 0.717) is 25.6 Å². The molecule has 1 aromatic heterocycles. The largest absolute Gasteiger partial charge is 0.354 e. The molecule has 0 aromatic carbocycles. The molecule has 0 saturated heterocycles. The molecule has 0 aliphatic rings. The molecule has 1 aromatic rings. The van der Waals surface area contributed by atoms with Gasteiger partial charge in [-0.3, -0.25) is 4.79 Å². The standard InChI is InChI=1S/C14H27N5O/c1-5-14(6-2,9-15)13(20)16-7-8-19-10-17-18-12(19)11(3)4/h10-11H,5-9,15H2,1-4H3,(H,16,20). The topological polar surface area (TPSA) is 85.8 Å². The Labute approximate surface area is 121 Å². The highest BCUT2D eigenvalue weighted by Gasteiger charge is 2.32. The lowest BCUT2D eigenvalue weighted by Crippen LogP contribution is -2.46. The van der Waals surface area contributed by atoms with Crippen LogP contribution in [0.1, 0.15) is 52.3 Å². The van der Waals surface area contributed by atoms with Gasteiger partial charge in [0.15, 0.2) is 0 Å². The van der Waals surface area contributed by atoms with E-state index in [0.717, 1.165) is 18.7 Å². The number of aromatic nitrogens is 3. The molecule has 114 valence electrons. The number of carbonyl (C=O) groups excluding carboxylic acids is 1. The number of rotatable bonds is 8. The van der Waals surface area contributed by atoms with Crippen molar-refractivity contribution in [3.05, 3.63) is 12.2 Å². The zero-order valence-electron chi connectivity index (χ0n) is 13.0. The molecule has 0 atom stereocenters. The first kappa shape index (κ1) is 16.6. The van der Waals surface area contributed by atoms with Crippen molar-refractivity contribution in [3.8, 4) is 0 Å². The first-order chi connectivity index (χ1) is 9.50. The van der Waals surface area contributed by atoms with Crippen molar-refractivity contribution in [3.63, 3.8) is 0 Å². The van der Waals surface area contributed by atoms with E-state index >= 15 is 0 Å². The summed E-state index contributed by atoms with van der Waals surface area (Å²) in [5, 5.41) is 11.0. The lowest BCUT2D eigenvalue weighted by atomic mass is 9.81. The normalized spacial score (nSPS) is 11.9. The van der Waals surface area contributed by atoms with Gasteiger partial charge in [0.1, 0.15) is 12.2 Å². The summed E-state index contributed by atoms with van der Waals surface area (Å²) in [4.78, 5) is 12.3. The van der Waals surface area contributed by atoms with Crippen LogP contribution in [-0.2, 0) is 11.3 Å². The lowest BCUT2D eigenvalue weighted by Gasteiger charge is -2.28. The Morgan fingerprint density at radius 3 is 2.60 bits per heavy atom. The molecule has 0 radical (unpaired) electrons. The average Bonchev–Trinajstić information content (AvgIpc) is 2.90. The first-order valence-corrected chi connectivity index (χ1v) is 7.36. The van der Waals surface area contributed by atoms with Crippen LogP contribution in [0.25, 0.3) is 0 Å². The summed E-state index contributed by atoms with van der Waals surface area (Å²) in [6.07, 6.45) is 3.22. The fourth-order valence-electron chi connectivity index (χ4n) is 2.31. The Morgan fingerprint density at radius 2 is 2.10 bits per heavy atom. The molecule has 1 heterocycles. The number of hydrogen-bond donors (Lipinski definition) is 2. The third-order valence-electron chi connectivity index (χ3n) is 4.03. The highest BCUT2D eigenvalue weighted by molar-refractivity contribution is 5.82. The van der Waals surface area contributed by atoms with Crippen LogP contribution in [-0.4, -0.2) is 33.8 Å². The Morgan fingerprint density at radius 1 is 1.45 bits per heavy atom. The second-order valence-corrected chi connectivity index (χ2v) is 5.48. The van der Waals surface area contributed by atoms with Crippen LogP contribution in [0.2, 0.25) is 0 Å². The Hall–Kier alpha value is -1.43. The van der Waals surface area contributed by atoms with Crippen molar-refractivity contribution >= 4 is 5.91 Å². The van der Waals surface area contributed by atoms with Crippen molar-refractivity contribution in [2.24, 2.45) is 11.1 Å². The van der Waals surface area contributed by atoms with Crippen molar-refractivity contribution in [2.75, 3.05) is 13.1 Å². The zero-order valence-corrected chi connectivity index (χ0v) is 13.0. The fourth-order valence-corrected chi connectivity index (χ4v) is 2.31. The van der Waals surface area contributed by atoms with Crippen LogP contribution in [0.5, 0.6) is 0 Å². The van der Waals surface area contributed by atoms with E-state index in [2.05, 4.69) is 29.4 Å². The van der Waals surface area contributed by atoms with Crippen molar-refractivity contribution < 1.29 is 4.79 Å². The summed E-state index contributed by atoms with van der Waals surface area (Å²) in [5.41, 5.74) is 5.34. The Bertz CT molecular complexity index is 415. The number of nitrogens with zero attached hydrogens (tertiary/aromatic N) is 3. The van der Waals surface area contributed by atoms with E-state index in [9.17, 15) is 4.79 Å². The summed E-state index contributed by atoms with van der Waals surface area (Å²) < 4.78 is 1.98. The van der Waals surface area contributed by atoms with Crippen LogP contribution < -0.4 is 11.1 Å². The number of amides is 1. The molecule has 0 saturated carbocycles. The molecule has 1 rings (SSSR count). The first-order valence-electron chi connectivity index (χ1n) is 7.36. The molecular formula is C14H27N5O. The number of nitrogens with one attached hydrogen (secondary N) is 1. The third kappa shape index (κ3) is 3.56. The molecule has 3 N–H and O–H groups in total. The lowest BCUT2D eigenvalue weighted by molar-refractivity contribution is -0.131. The van der Waals surface area contributed by atoms with Gasteiger partial charge in [0, 0.05) is 25.6 Å². The Kier molecular flexibility index (Phi) is 6.13. The predicted molar refractivity (Wildman–Crippen MR) is 79.2 cm³/mol. The molecule has 0 spiro atoms. The van der Waals surface area contributed by atoms with Gasteiger partial charge in [-0.15, -0.1) is 10.2 Å². The second-order valence-electron chi connectivity index (χ2n) is 5.48. The summed E-state index contributed by atoms with van der Waals surface area (Å²) >= 11 is 0. The van der Waals surface area contributed by atoms with Crippen LogP contribution in [0, 0.1) is 5.41 Å². The highest BCUT2D eigenvalue weighted by Crippen LogP contribution is 2.24. The van der Waals surface area contributed by atoms with E-state index in [-0.39, 0.29) is 5.91 Å². The van der Waals surface area contributed by atoms with E-state index in [1.165, 1.54) is 0 Å². The van der Waals surface area contributed by atoms with Crippen LogP contribution in [0.4, 0.5) is 0 Å². The molecule has 0 fully saturated rings.